The fraction of sp³-hybridized carbons (Fsp3) is 0.364. The van der Waals surface area contributed by atoms with E-state index in [0.29, 0.717) is 5.56 Å². The van der Waals surface area contributed by atoms with E-state index >= 15 is 0 Å². The maximum atomic E-state index is 14.2. The predicted octanol–water partition coefficient (Wildman–Crippen LogP) is 6.06. The molecule has 2 aromatic carbocycles. The van der Waals surface area contributed by atoms with Crippen LogP contribution in [-0.4, -0.2) is 40.5 Å². The second-order valence-corrected chi connectivity index (χ2v) is 10.4. The number of hydrogen-bond donors (Lipinski definition) is 1. The quantitative estimate of drug-likeness (QED) is 0.409. The van der Waals surface area contributed by atoms with Crippen molar-refractivity contribution in [1.82, 2.24) is 5.32 Å². The topological polar surface area (TPSA) is 67.8 Å². The summed E-state index contributed by atoms with van der Waals surface area (Å²) in [4.78, 5) is 16.8. The van der Waals surface area contributed by atoms with Gasteiger partial charge in [-0.15, -0.1) is 0 Å². The van der Waals surface area contributed by atoms with E-state index < -0.39 is 54.0 Å². The molecule has 0 saturated carbocycles. The van der Waals surface area contributed by atoms with Gasteiger partial charge in [0.15, 0.2) is 0 Å². The first kappa shape index (κ1) is 28.3. The number of rotatable bonds is 7. The van der Waals surface area contributed by atoms with Crippen LogP contribution in [0, 0.1) is 6.92 Å². The number of carbonyl (C=O) groups excluding carboxylic acids is 1. The molecule has 1 heterocycles. The third kappa shape index (κ3) is 6.51. The van der Waals surface area contributed by atoms with E-state index in [4.69, 9.17) is 28.0 Å². The highest BCUT2D eigenvalue weighted by molar-refractivity contribution is 7.85. The van der Waals surface area contributed by atoms with Crippen LogP contribution in [0.15, 0.2) is 46.4 Å². The SMILES string of the molecule is Cc1cc(C2=NOC(c3cc(Cl)cc(Cl)c3)(C(F)(F)F)C2)ccc1S(=O)CCC(=O)NCC(F)(F)F. The molecular formula is C22H18Cl2F6N2O3S. The maximum Gasteiger partial charge on any atom is 0.435 e. The van der Waals surface area contributed by atoms with Gasteiger partial charge in [-0.05, 0) is 48.4 Å². The van der Waals surface area contributed by atoms with Gasteiger partial charge in [-0.3, -0.25) is 9.00 Å². The normalized spacial score (nSPS) is 19.0. The molecule has 14 heteroatoms. The van der Waals surface area contributed by atoms with Crippen LogP contribution in [0.25, 0.3) is 0 Å². The van der Waals surface area contributed by atoms with E-state index in [1.54, 1.807) is 12.2 Å². The van der Waals surface area contributed by atoms with E-state index in [1.807, 2.05) is 0 Å². The van der Waals surface area contributed by atoms with E-state index in [1.165, 1.54) is 24.3 Å². The van der Waals surface area contributed by atoms with Crippen LogP contribution in [0.5, 0.6) is 0 Å². The van der Waals surface area contributed by atoms with Crippen LogP contribution < -0.4 is 5.32 Å². The molecule has 3 rings (SSSR count). The maximum absolute atomic E-state index is 14.2. The lowest BCUT2D eigenvalue weighted by molar-refractivity contribution is -0.275. The molecule has 2 atom stereocenters. The Labute approximate surface area is 214 Å². The summed E-state index contributed by atoms with van der Waals surface area (Å²) in [7, 11) is -1.74. The van der Waals surface area contributed by atoms with Crippen LogP contribution in [-0.2, 0) is 26.0 Å². The minimum absolute atomic E-state index is 0.00654. The van der Waals surface area contributed by atoms with Crippen molar-refractivity contribution in [3.8, 4) is 0 Å². The largest absolute Gasteiger partial charge is 0.435 e. The van der Waals surface area contributed by atoms with Crippen molar-refractivity contribution in [3.63, 3.8) is 0 Å². The summed E-state index contributed by atoms with van der Waals surface area (Å²) < 4.78 is 91.6. The van der Waals surface area contributed by atoms with Gasteiger partial charge in [0.05, 0.1) is 16.5 Å². The molecule has 2 unspecified atom stereocenters. The fourth-order valence-corrected chi connectivity index (χ4v) is 5.27. The summed E-state index contributed by atoms with van der Waals surface area (Å²) in [5.74, 6) is -1.14. The summed E-state index contributed by atoms with van der Waals surface area (Å²) in [6, 6.07) is 7.76. The van der Waals surface area contributed by atoms with Gasteiger partial charge in [-0.1, -0.05) is 34.4 Å². The molecule has 0 aromatic heterocycles. The summed E-state index contributed by atoms with van der Waals surface area (Å²) in [5, 5.41) is 5.35. The van der Waals surface area contributed by atoms with Crippen LogP contribution in [0.3, 0.4) is 0 Å². The number of hydrogen-bond acceptors (Lipinski definition) is 4. The first-order valence-corrected chi connectivity index (χ1v) is 12.3. The van der Waals surface area contributed by atoms with E-state index in [-0.39, 0.29) is 37.5 Å². The monoisotopic (exact) mass is 574 g/mol. The number of amides is 1. The standard InChI is InChI=1S/C22H18Cl2F6N2O3S/c1-12-6-13(2-3-18(12)36(34)5-4-19(33)31-11-21(25,26)27)17-10-20(35-32-17,22(28,29)30)14-7-15(23)9-16(24)8-14/h2-3,6-9H,4-5,10-11H2,1H3,(H,31,33). The molecule has 0 saturated heterocycles. The molecule has 1 aliphatic rings. The number of nitrogens with zero attached hydrogens (tertiary/aromatic N) is 1. The molecule has 1 aliphatic heterocycles. The summed E-state index contributed by atoms with van der Waals surface area (Å²) in [5.41, 5.74) is -2.43. The van der Waals surface area contributed by atoms with E-state index in [2.05, 4.69) is 5.16 Å². The van der Waals surface area contributed by atoms with Gasteiger partial charge in [0.1, 0.15) is 6.54 Å². The second kappa shape index (κ2) is 10.6. The van der Waals surface area contributed by atoms with Crippen molar-refractivity contribution in [2.24, 2.45) is 5.16 Å². The first-order chi connectivity index (χ1) is 16.6. The Hall–Kier alpha value is -2.31. The summed E-state index contributed by atoms with van der Waals surface area (Å²) in [6.07, 6.45) is -10.5. The molecule has 0 fully saturated rings. The van der Waals surface area contributed by atoms with Crippen LogP contribution >= 0.6 is 23.2 Å². The number of alkyl halides is 6. The molecule has 2 aromatic rings. The molecule has 0 radical (unpaired) electrons. The number of oxime groups is 1. The highest BCUT2D eigenvalue weighted by Crippen LogP contribution is 2.49. The highest BCUT2D eigenvalue weighted by atomic mass is 35.5. The lowest BCUT2D eigenvalue weighted by Crippen LogP contribution is -2.42. The highest BCUT2D eigenvalue weighted by Gasteiger charge is 2.62. The average molecular weight is 575 g/mol. The Morgan fingerprint density at radius 3 is 2.31 bits per heavy atom. The lowest BCUT2D eigenvalue weighted by atomic mass is 9.86. The Bertz CT molecular complexity index is 1200. The molecule has 5 nitrogen and oxygen atoms in total. The van der Waals surface area contributed by atoms with Gasteiger partial charge in [-0.25, -0.2) is 0 Å². The Morgan fingerprint density at radius 1 is 1.11 bits per heavy atom. The zero-order chi connectivity index (χ0) is 26.9. The number of aryl methyl sites for hydroxylation is 1. The van der Waals surface area contributed by atoms with Crippen molar-refractivity contribution < 1.29 is 40.2 Å². The minimum Gasteiger partial charge on any atom is -0.374 e. The number of carbonyl (C=O) groups is 1. The van der Waals surface area contributed by atoms with Crippen molar-refractivity contribution >= 4 is 45.6 Å². The zero-order valence-electron chi connectivity index (χ0n) is 18.4. The van der Waals surface area contributed by atoms with Crippen molar-refractivity contribution in [3.05, 3.63) is 63.1 Å². The Morgan fingerprint density at radius 2 is 1.75 bits per heavy atom. The van der Waals surface area contributed by atoms with Gasteiger partial charge in [0.2, 0.25) is 5.91 Å². The van der Waals surface area contributed by atoms with Crippen LogP contribution in [0.4, 0.5) is 26.3 Å². The number of halogens is 8. The van der Waals surface area contributed by atoms with Crippen LogP contribution in [0.2, 0.25) is 10.0 Å². The molecule has 0 bridgehead atoms. The summed E-state index contributed by atoms with van der Waals surface area (Å²) in [6.45, 7) is 0.0712. The third-order valence-electron chi connectivity index (χ3n) is 5.27. The molecule has 0 spiro atoms. The minimum atomic E-state index is -4.87. The van der Waals surface area contributed by atoms with Crippen molar-refractivity contribution in [1.29, 1.82) is 0 Å². The van der Waals surface area contributed by atoms with E-state index in [9.17, 15) is 35.3 Å². The van der Waals surface area contributed by atoms with Gasteiger partial charge in [0, 0.05) is 39.1 Å². The number of nitrogens with one attached hydrogen (secondary N) is 1. The smallest absolute Gasteiger partial charge is 0.374 e. The van der Waals surface area contributed by atoms with Crippen molar-refractivity contribution in [2.45, 2.75) is 42.6 Å². The molecule has 1 amide bonds. The number of benzene rings is 2. The van der Waals surface area contributed by atoms with Gasteiger partial charge in [-0.2, -0.15) is 26.3 Å². The van der Waals surface area contributed by atoms with Crippen LogP contribution in [0.1, 0.15) is 29.5 Å². The first-order valence-electron chi connectivity index (χ1n) is 10.2. The predicted molar refractivity (Wildman–Crippen MR) is 123 cm³/mol. The van der Waals surface area contributed by atoms with Gasteiger partial charge in [0.25, 0.3) is 5.60 Å². The van der Waals surface area contributed by atoms with E-state index in [0.717, 1.165) is 12.1 Å². The molecular weight excluding hydrogens is 557 g/mol. The second-order valence-electron chi connectivity index (χ2n) is 7.96. The fourth-order valence-electron chi connectivity index (χ4n) is 3.51. The lowest BCUT2D eigenvalue weighted by Gasteiger charge is -2.29. The molecule has 36 heavy (non-hydrogen) atoms. The molecule has 0 aliphatic carbocycles. The van der Waals surface area contributed by atoms with Crippen molar-refractivity contribution in [2.75, 3.05) is 12.3 Å². The molecule has 1 N–H and O–H groups in total. The summed E-state index contributed by atoms with van der Waals surface area (Å²) >= 11 is 11.8. The third-order valence-corrected chi connectivity index (χ3v) is 7.23. The average Bonchev–Trinajstić information content (AvgIpc) is 3.22. The Balaban J connectivity index is 1.75. The molecule has 196 valence electrons. The van der Waals surface area contributed by atoms with Gasteiger partial charge < -0.3 is 10.2 Å². The zero-order valence-corrected chi connectivity index (χ0v) is 20.7. The van der Waals surface area contributed by atoms with Gasteiger partial charge >= 0.3 is 12.4 Å². The Kier molecular flexibility index (Phi) is 8.31.